The molecule has 182 valence electrons. The lowest BCUT2D eigenvalue weighted by Crippen LogP contribution is -2.37. The van der Waals surface area contributed by atoms with Crippen molar-refractivity contribution in [3.63, 3.8) is 0 Å². The number of hydrogen-bond donors (Lipinski definition) is 2. The zero-order valence-corrected chi connectivity index (χ0v) is 21.4. The number of rotatable bonds is 10. The van der Waals surface area contributed by atoms with Gasteiger partial charge in [-0.1, -0.05) is 18.2 Å². The number of nitrogens with one attached hydrogen (secondary N) is 2. The molecule has 1 aromatic heterocycles. The van der Waals surface area contributed by atoms with Crippen LogP contribution in [0.3, 0.4) is 0 Å². The summed E-state index contributed by atoms with van der Waals surface area (Å²) in [6, 6.07) is 9.15. The Kier molecular flexibility index (Phi) is 11.4. The van der Waals surface area contributed by atoms with Crippen LogP contribution < -0.4 is 25.0 Å². The Hall–Kier alpha value is -2.37. The maximum absolute atomic E-state index is 12.9. The molecule has 0 aliphatic carbocycles. The SMILES string of the molecule is CCNC(=NCc1ccc(N2CCCC2)nc1)NCc1cccc(OCC)c1OC(F)F.I. The number of alkyl halides is 2. The topological polar surface area (TPSA) is 71.0 Å². The van der Waals surface area contributed by atoms with Gasteiger partial charge in [0.1, 0.15) is 5.82 Å². The first kappa shape index (κ1) is 26.9. The Morgan fingerprint density at radius 1 is 1.15 bits per heavy atom. The minimum atomic E-state index is -2.94. The molecule has 1 aliphatic rings. The van der Waals surface area contributed by atoms with Gasteiger partial charge >= 0.3 is 6.61 Å². The van der Waals surface area contributed by atoms with Gasteiger partial charge in [0, 0.05) is 37.9 Å². The van der Waals surface area contributed by atoms with Crippen molar-refractivity contribution in [2.45, 2.75) is 46.4 Å². The first-order valence-corrected chi connectivity index (χ1v) is 11.0. The molecule has 1 aromatic carbocycles. The molecule has 10 heteroatoms. The number of benzene rings is 1. The molecule has 1 saturated heterocycles. The van der Waals surface area contributed by atoms with Gasteiger partial charge in [0.15, 0.2) is 17.5 Å². The average molecular weight is 575 g/mol. The number of aromatic nitrogens is 1. The van der Waals surface area contributed by atoms with E-state index in [1.807, 2.05) is 25.3 Å². The van der Waals surface area contributed by atoms with E-state index in [1.165, 1.54) is 12.8 Å². The van der Waals surface area contributed by atoms with Crippen LogP contribution in [0.25, 0.3) is 0 Å². The summed E-state index contributed by atoms with van der Waals surface area (Å²) >= 11 is 0. The van der Waals surface area contributed by atoms with Crippen LogP contribution in [0.4, 0.5) is 14.6 Å². The Morgan fingerprint density at radius 3 is 2.58 bits per heavy atom. The quantitative estimate of drug-likeness (QED) is 0.246. The van der Waals surface area contributed by atoms with Gasteiger partial charge in [0.2, 0.25) is 0 Å². The molecule has 0 bridgehead atoms. The molecule has 2 N–H and O–H groups in total. The fraction of sp³-hybridized carbons (Fsp3) is 0.478. The van der Waals surface area contributed by atoms with Crippen LogP contribution in [-0.4, -0.2) is 43.8 Å². The second-order valence-electron chi connectivity index (χ2n) is 7.32. The molecule has 2 heterocycles. The summed E-state index contributed by atoms with van der Waals surface area (Å²) in [7, 11) is 0. The summed E-state index contributed by atoms with van der Waals surface area (Å²) in [6.45, 7) is 4.64. The number of guanidine groups is 1. The number of ether oxygens (including phenoxy) is 2. The minimum absolute atomic E-state index is 0. The van der Waals surface area contributed by atoms with E-state index in [4.69, 9.17) is 9.47 Å². The van der Waals surface area contributed by atoms with E-state index >= 15 is 0 Å². The van der Waals surface area contributed by atoms with Crippen LogP contribution in [0.15, 0.2) is 41.5 Å². The number of halogens is 3. The van der Waals surface area contributed by atoms with E-state index in [1.54, 1.807) is 25.1 Å². The number of anilines is 1. The molecule has 0 amide bonds. The maximum atomic E-state index is 12.9. The predicted molar refractivity (Wildman–Crippen MR) is 137 cm³/mol. The van der Waals surface area contributed by atoms with Crippen molar-refractivity contribution < 1.29 is 18.3 Å². The van der Waals surface area contributed by atoms with Crippen molar-refractivity contribution in [2.75, 3.05) is 31.1 Å². The molecule has 0 saturated carbocycles. The fourth-order valence-electron chi connectivity index (χ4n) is 3.53. The Balaban J connectivity index is 0.00000385. The van der Waals surface area contributed by atoms with Gasteiger partial charge in [-0.05, 0) is 44.4 Å². The molecule has 2 aromatic rings. The van der Waals surface area contributed by atoms with Crippen molar-refractivity contribution in [1.29, 1.82) is 0 Å². The van der Waals surface area contributed by atoms with Crippen LogP contribution >= 0.6 is 24.0 Å². The lowest BCUT2D eigenvalue weighted by atomic mass is 10.2. The average Bonchev–Trinajstić information content (AvgIpc) is 3.32. The van der Waals surface area contributed by atoms with Gasteiger partial charge in [0.05, 0.1) is 13.2 Å². The molecule has 0 spiro atoms. The van der Waals surface area contributed by atoms with Crippen molar-refractivity contribution in [2.24, 2.45) is 4.99 Å². The third kappa shape index (κ3) is 8.17. The van der Waals surface area contributed by atoms with Crippen molar-refractivity contribution in [1.82, 2.24) is 15.6 Å². The highest BCUT2D eigenvalue weighted by atomic mass is 127. The molecule has 7 nitrogen and oxygen atoms in total. The van der Waals surface area contributed by atoms with Gasteiger partial charge in [0.25, 0.3) is 0 Å². The minimum Gasteiger partial charge on any atom is -0.490 e. The molecular formula is C23H32F2IN5O2. The van der Waals surface area contributed by atoms with Gasteiger partial charge in [-0.15, -0.1) is 24.0 Å². The Bertz CT molecular complexity index is 878. The summed E-state index contributed by atoms with van der Waals surface area (Å²) in [4.78, 5) is 11.4. The largest absolute Gasteiger partial charge is 0.490 e. The molecule has 0 unspecified atom stereocenters. The Morgan fingerprint density at radius 2 is 1.94 bits per heavy atom. The van der Waals surface area contributed by atoms with E-state index in [-0.39, 0.29) is 36.3 Å². The normalized spacial score (nSPS) is 13.6. The highest BCUT2D eigenvalue weighted by Gasteiger charge is 2.16. The summed E-state index contributed by atoms with van der Waals surface area (Å²) in [6.07, 6.45) is 4.27. The summed E-state index contributed by atoms with van der Waals surface area (Å²) in [5.74, 6) is 1.90. The first-order chi connectivity index (χ1) is 15.6. The second kappa shape index (κ2) is 14.0. The van der Waals surface area contributed by atoms with Crippen molar-refractivity contribution >= 4 is 35.8 Å². The number of nitrogens with zero attached hydrogens (tertiary/aromatic N) is 3. The molecule has 3 rings (SSSR count). The molecule has 1 fully saturated rings. The third-order valence-corrected chi connectivity index (χ3v) is 5.02. The van der Waals surface area contributed by atoms with Gasteiger partial charge in [-0.2, -0.15) is 8.78 Å². The standard InChI is InChI=1S/C23H31F2N5O2.HI/c1-3-26-23(28-15-17-10-11-20(27-14-17)30-12-5-6-13-30)29-16-18-8-7-9-19(31-4-2)21(18)32-22(24)25;/h7-11,14,22H,3-6,12-13,15-16H2,1-2H3,(H2,26,28,29);1H. The van der Waals surface area contributed by atoms with Gasteiger partial charge in [-0.25, -0.2) is 9.98 Å². The lowest BCUT2D eigenvalue weighted by molar-refractivity contribution is -0.0520. The van der Waals surface area contributed by atoms with Crippen molar-refractivity contribution in [3.8, 4) is 11.5 Å². The van der Waals surface area contributed by atoms with Crippen molar-refractivity contribution in [3.05, 3.63) is 47.7 Å². The molecule has 33 heavy (non-hydrogen) atoms. The number of para-hydroxylation sites is 1. The summed E-state index contributed by atoms with van der Waals surface area (Å²) < 4.78 is 36.0. The zero-order chi connectivity index (χ0) is 22.8. The second-order valence-corrected chi connectivity index (χ2v) is 7.32. The van der Waals surface area contributed by atoms with Crippen LogP contribution in [0.2, 0.25) is 0 Å². The summed E-state index contributed by atoms with van der Waals surface area (Å²) in [5.41, 5.74) is 1.55. The van der Waals surface area contributed by atoms with E-state index in [9.17, 15) is 8.78 Å². The molecule has 1 aliphatic heterocycles. The smallest absolute Gasteiger partial charge is 0.387 e. The van der Waals surface area contributed by atoms with E-state index < -0.39 is 6.61 Å². The number of pyridine rings is 1. The zero-order valence-electron chi connectivity index (χ0n) is 19.0. The molecular weight excluding hydrogens is 543 g/mol. The third-order valence-electron chi connectivity index (χ3n) is 5.02. The van der Waals surface area contributed by atoms with E-state index in [2.05, 4.69) is 25.5 Å². The van der Waals surface area contributed by atoms with Gasteiger partial charge in [-0.3, -0.25) is 0 Å². The van der Waals surface area contributed by atoms with Crippen LogP contribution in [-0.2, 0) is 13.1 Å². The van der Waals surface area contributed by atoms with Gasteiger partial charge < -0.3 is 25.0 Å². The van der Waals surface area contributed by atoms with Crippen LogP contribution in [0, 0.1) is 0 Å². The predicted octanol–water partition coefficient (Wildman–Crippen LogP) is 4.56. The van der Waals surface area contributed by atoms with E-state index in [0.717, 1.165) is 24.5 Å². The first-order valence-electron chi connectivity index (χ1n) is 11.0. The lowest BCUT2D eigenvalue weighted by Gasteiger charge is -2.17. The summed E-state index contributed by atoms with van der Waals surface area (Å²) in [5, 5.41) is 6.35. The maximum Gasteiger partial charge on any atom is 0.387 e. The van der Waals surface area contributed by atoms with Crippen LogP contribution in [0.1, 0.15) is 37.8 Å². The molecule has 0 atom stereocenters. The highest BCUT2D eigenvalue weighted by Crippen LogP contribution is 2.32. The monoisotopic (exact) mass is 575 g/mol. The number of hydrogen-bond acceptors (Lipinski definition) is 5. The fourth-order valence-corrected chi connectivity index (χ4v) is 3.53. The number of aliphatic imine (C=N–C) groups is 1. The molecule has 0 radical (unpaired) electrons. The highest BCUT2D eigenvalue weighted by molar-refractivity contribution is 14.0. The van der Waals surface area contributed by atoms with Crippen LogP contribution in [0.5, 0.6) is 11.5 Å². The Labute approximate surface area is 211 Å². The van der Waals surface area contributed by atoms with E-state index in [0.29, 0.717) is 37.0 Å².